The number of piperidine rings is 1. The fraction of sp³-hybridized carbons (Fsp3) is 1.00. The van der Waals surface area contributed by atoms with Crippen molar-refractivity contribution in [2.75, 3.05) is 19.6 Å². The predicted molar refractivity (Wildman–Crippen MR) is 57.4 cm³/mol. The van der Waals surface area contributed by atoms with Crippen LogP contribution in [0.25, 0.3) is 0 Å². The van der Waals surface area contributed by atoms with Gasteiger partial charge in [-0.3, -0.25) is 4.90 Å². The van der Waals surface area contributed by atoms with E-state index >= 15 is 0 Å². The minimum absolute atomic E-state index is 0.440. The lowest BCUT2D eigenvalue weighted by Crippen LogP contribution is -2.44. The van der Waals surface area contributed by atoms with E-state index in [2.05, 4.69) is 27.5 Å². The van der Waals surface area contributed by atoms with Gasteiger partial charge in [0, 0.05) is 13.1 Å². The van der Waals surface area contributed by atoms with Crippen LogP contribution in [0.15, 0.2) is 0 Å². The Morgan fingerprint density at radius 1 is 1.50 bits per heavy atom. The Hall–Kier alpha value is 0.650. The second kappa shape index (κ2) is 3.42. The summed E-state index contributed by atoms with van der Waals surface area (Å²) in [5.41, 5.74) is 0. The normalized spacial score (nSPS) is 38.5. The molecule has 0 spiro atoms. The first-order valence-electron chi connectivity index (χ1n) is 4.79. The van der Waals surface area contributed by atoms with Crippen LogP contribution in [-0.2, 0) is 0 Å². The van der Waals surface area contributed by atoms with E-state index in [4.69, 9.17) is 0 Å². The summed E-state index contributed by atoms with van der Waals surface area (Å²) < 4.78 is -0.440. The summed E-state index contributed by atoms with van der Waals surface area (Å²) in [6.07, 6.45) is 4.95. The first-order valence-corrected chi connectivity index (χ1v) is 5.87. The van der Waals surface area contributed by atoms with Crippen LogP contribution in [0.3, 0.4) is 0 Å². The fourth-order valence-electron chi connectivity index (χ4n) is 1.90. The van der Waals surface area contributed by atoms with Crippen LogP contribution in [0.4, 0.5) is 0 Å². The van der Waals surface area contributed by atoms with Crippen molar-refractivity contribution in [2.45, 2.75) is 29.3 Å². The third-order valence-electron chi connectivity index (χ3n) is 2.71. The van der Waals surface area contributed by atoms with Gasteiger partial charge in [0.15, 0.2) is 0 Å². The Bertz CT molecular complexity index is 168. The molecule has 1 atom stereocenters. The number of β-amino-alcohol motifs (C(OH)–C–C–N with tert-alkyl or cyclic N) is 1. The summed E-state index contributed by atoms with van der Waals surface area (Å²) in [7, 11) is 0. The second-order valence-electron chi connectivity index (χ2n) is 4.20. The van der Waals surface area contributed by atoms with Crippen molar-refractivity contribution >= 4 is 22.6 Å². The molecule has 0 aromatic rings. The van der Waals surface area contributed by atoms with Gasteiger partial charge in [-0.2, -0.15) is 0 Å². The average molecular weight is 281 g/mol. The quantitative estimate of drug-likeness (QED) is 0.614. The molecule has 1 N–H and O–H groups in total. The molecule has 0 bridgehead atoms. The summed E-state index contributed by atoms with van der Waals surface area (Å²) >= 11 is 2.19. The smallest absolute Gasteiger partial charge is 0.128 e. The molecule has 2 rings (SSSR count). The molecule has 0 aromatic carbocycles. The highest BCUT2D eigenvalue weighted by Gasteiger charge is 2.33. The third kappa shape index (κ3) is 2.57. The maximum absolute atomic E-state index is 9.82. The van der Waals surface area contributed by atoms with Gasteiger partial charge in [0.05, 0.1) is 0 Å². The Labute approximate surface area is 87.5 Å². The van der Waals surface area contributed by atoms with E-state index < -0.39 is 3.61 Å². The van der Waals surface area contributed by atoms with Gasteiger partial charge in [-0.05, 0) is 60.7 Å². The second-order valence-corrected chi connectivity index (χ2v) is 6.21. The van der Waals surface area contributed by atoms with Gasteiger partial charge in [-0.25, -0.2) is 0 Å². The van der Waals surface area contributed by atoms with Crippen molar-refractivity contribution < 1.29 is 5.11 Å². The summed E-state index contributed by atoms with van der Waals surface area (Å²) in [5.74, 6) is 0.954. The van der Waals surface area contributed by atoms with Gasteiger partial charge in [0.2, 0.25) is 0 Å². The number of hydrogen-bond acceptors (Lipinski definition) is 2. The van der Waals surface area contributed by atoms with Gasteiger partial charge in [-0.15, -0.1) is 0 Å². The number of likely N-dealkylation sites (tertiary alicyclic amines) is 1. The summed E-state index contributed by atoms with van der Waals surface area (Å²) in [6.45, 7) is 3.30. The van der Waals surface area contributed by atoms with Crippen LogP contribution in [0.5, 0.6) is 0 Å². The van der Waals surface area contributed by atoms with Crippen molar-refractivity contribution in [3.05, 3.63) is 0 Å². The first-order chi connectivity index (χ1) is 5.66. The van der Waals surface area contributed by atoms with Crippen molar-refractivity contribution in [2.24, 2.45) is 5.92 Å². The molecular weight excluding hydrogens is 265 g/mol. The Kier molecular flexibility index (Phi) is 2.63. The van der Waals surface area contributed by atoms with Crippen molar-refractivity contribution in [3.8, 4) is 0 Å². The van der Waals surface area contributed by atoms with Gasteiger partial charge < -0.3 is 5.11 Å². The van der Waals surface area contributed by atoms with Gasteiger partial charge in [0.1, 0.15) is 3.61 Å². The molecule has 2 nitrogen and oxygen atoms in total. The van der Waals surface area contributed by atoms with E-state index in [1.165, 1.54) is 25.9 Å². The third-order valence-corrected chi connectivity index (χ3v) is 3.59. The van der Waals surface area contributed by atoms with Crippen molar-refractivity contribution in [3.63, 3.8) is 0 Å². The largest absolute Gasteiger partial charge is 0.378 e. The van der Waals surface area contributed by atoms with Crippen LogP contribution < -0.4 is 0 Å². The van der Waals surface area contributed by atoms with E-state index in [9.17, 15) is 5.11 Å². The van der Waals surface area contributed by atoms with Crippen LogP contribution in [-0.4, -0.2) is 33.2 Å². The molecule has 1 aliphatic carbocycles. The molecule has 1 aliphatic heterocycles. The van der Waals surface area contributed by atoms with E-state index in [-0.39, 0.29) is 0 Å². The highest BCUT2D eigenvalue weighted by atomic mass is 127. The molecule has 12 heavy (non-hydrogen) atoms. The van der Waals surface area contributed by atoms with Crippen LogP contribution in [0.2, 0.25) is 0 Å². The molecule has 0 aromatic heterocycles. The van der Waals surface area contributed by atoms with Crippen LogP contribution >= 0.6 is 22.6 Å². The number of halogens is 1. The van der Waals surface area contributed by atoms with Crippen molar-refractivity contribution in [1.29, 1.82) is 0 Å². The van der Waals surface area contributed by atoms with Crippen LogP contribution in [0, 0.1) is 5.92 Å². The molecule has 1 saturated heterocycles. The minimum Gasteiger partial charge on any atom is -0.378 e. The zero-order chi connectivity index (χ0) is 8.60. The summed E-state index contributed by atoms with van der Waals surface area (Å²) in [4.78, 5) is 2.42. The zero-order valence-electron chi connectivity index (χ0n) is 7.30. The fourth-order valence-corrected chi connectivity index (χ4v) is 2.76. The van der Waals surface area contributed by atoms with Gasteiger partial charge >= 0.3 is 0 Å². The molecule has 1 unspecified atom stereocenters. The number of nitrogens with zero attached hydrogens (tertiary/aromatic N) is 1. The average Bonchev–Trinajstić information content (AvgIpc) is 2.69. The lowest BCUT2D eigenvalue weighted by Gasteiger charge is -2.35. The minimum atomic E-state index is -0.440. The van der Waals surface area contributed by atoms with E-state index in [1.54, 1.807) is 0 Å². The Balaban J connectivity index is 1.81. The monoisotopic (exact) mass is 281 g/mol. The molecular formula is C9H16INO. The van der Waals surface area contributed by atoms with Crippen molar-refractivity contribution in [1.82, 2.24) is 4.90 Å². The topological polar surface area (TPSA) is 23.5 Å². The van der Waals surface area contributed by atoms with Crippen LogP contribution in [0.1, 0.15) is 25.7 Å². The zero-order valence-corrected chi connectivity index (χ0v) is 9.46. The molecule has 1 saturated carbocycles. The summed E-state index contributed by atoms with van der Waals surface area (Å²) in [6, 6.07) is 0. The first kappa shape index (κ1) is 9.21. The number of rotatable bonds is 2. The molecule has 3 heteroatoms. The van der Waals surface area contributed by atoms with E-state index in [1.807, 2.05) is 0 Å². The SMILES string of the molecule is OC1(I)CCCN(CC2CC2)C1. The van der Waals surface area contributed by atoms with E-state index in [0.29, 0.717) is 0 Å². The molecule has 1 heterocycles. The highest BCUT2D eigenvalue weighted by Crippen LogP contribution is 2.33. The van der Waals surface area contributed by atoms with E-state index in [0.717, 1.165) is 25.3 Å². The maximum atomic E-state index is 9.82. The lowest BCUT2D eigenvalue weighted by molar-refractivity contribution is 0.0548. The Morgan fingerprint density at radius 3 is 2.83 bits per heavy atom. The lowest BCUT2D eigenvalue weighted by atomic mass is 10.1. The highest BCUT2D eigenvalue weighted by molar-refractivity contribution is 14.1. The standard InChI is InChI=1S/C9H16INO/c10-9(12)4-1-5-11(7-9)6-8-2-3-8/h8,12H,1-7H2. The maximum Gasteiger partial charge on any atom is 0.128 e. The summed E-state index contributed by atoms with van der Waals surface area (Å²) in [5, 5.41) is 9.82. The van der Waals surface area contributed by atoms with Gasteiger partial charge in [-0.1, -0.05) is 0 Å². The molecule has 2 aliphatic rings. The molecule has 0 amide bonds. The Morgan fingerprint density at radius 2 is 2.25 bits per heavy atom. The molecule has 2 fully saturated rings. The van der Waals surface area contributed by atoms with Gasteiger partial charge in [0.25, 0.3) is 0 Å². The number of hydrogen-bond donors (Lipinski definition) is 1. The molecule has 0 radical (unpaired) electrons. The number of aliphatic hydroxyl groups is 1. The number of alkyl halides is 1. The molecule has 70 valence electrons. The predicted octanol–water partition coefficient (Wildman–Crippen LogP) is 1.62.